The first kappa shape index (κ1) is 12.8. The summed E-state index contributed by atoms with van der Waals surface area (Å²) in [7, 11) is 0. The highest BCUT2D eigenvalue weighted by Gasteiger charge is 2.19. The summed E-state index contributed by atoms with van der Waals surface area (Å²) in [5.41, 5.74) is 9.74. The molecule has 0 aliphatic carbocycles. The van der Waals surface area contributed by atoms with Crippen LogP contribution in [-0.2, 0) is 5.41 Å². The van der Waals surface area contributed by atoms with Crippen LogP contribution in [0.2, 0.25) is 0 Å². The maximum Gasteiger partial charge on any atom is -0.00690 e. The highest BCUT2D eigenvalue weighted by atomic mass is 14.5. The second-order valence-corrected chi connectivity index (χ2v) is 5.37. The van der Waals surface area contributed by atoms with Crippen LogP contribution in [0.1, 0.15) is 25.8 Å². The van der Waals surface area contributed by atoms with Gasteiger partial charge >= 0.3 is 0 Å². The topological polar surface area (TPSA) is 26.0 Å². The van der Waals surface area contributed by atoms with E-state index in [0.29, 0.717) is 0 Å². The van der Waals surface area contributed by atoms with Gasteiger partial charge in [-0.25, -0.2) is 0 Å². The fraction of sp³-hybridized carbons (Fsp3) is 0.294. The molecule has 2 N–H and O–H groups in total. The first-order chi connectivity index (χ1) is 8.63. The summed E-state index contributed by atoms with van der Waals surface area (Å²) in [6.07, 6.45) is 1.01. The van der Waals surface area contributed by atoms with Crippen LogP contribution in [0.3, 0.4) is 0 Å². The first-order valence-corrected chi connectivity index (χ1v) is 6.49. The summed E-state index contributed by atoms with van der Waals surface area (Å²) in [6, 6.07) is 19.3. The normalized spacial score (nSPS) is 11.5. The van der Waals surface area contributed by atoms with Crippen molar-refractivity contribution in [3.63, 3.8) is 0 Å². The summed E-state index contributed by atoms with van der Waals surface area (Å²) >= 11 is 0. The SMILES string of the molecule is CC(C)(CCN)c1cccc(-c2ccccc2)c1. The van der Waals surface area contributed by atoms with Crippen molar-refractivity contribution in [2.45, 2.75) is 25.7 Å². The van der Waals surface area contributed by atoms with Gasteiger partial charge in [-0.3, -0.25) is 0 Å². The minimum Gasteiger partial charge on any atom is -0.330 e. The zero-order valence-electron chi connectivity index (χ0n) is 11.2. The van der Waals surface area contributed by atoms with Crippen LogP contribution >= 0.6 is 0 Å². The minimum absolute atomic E-state index is 0.138. The van der Waals surface area contributed by atoms with Crippen molar-refractivity contribution >= 4 is 0 Å². The molecular formula is C17H21N. The molecule has 0 unspecified atom stereocenters. The Hall–Kier alpha value is -1.60. The summed E-state index contributed by atoms with van der Waals surface area (Å²) in [6.45, 7) is 5.23. The highest BCUT2D eigenvalue weighted by Crippen LogP contribution is 2.30. The quantitative estimate of drug-likeness (QED) is 0.858. The molecule has 0 radical (unpaired) electrons. The Kier molecular flexibility index (Phi) is 3.83. The van der Waals surface area contributed by atoms with Crippen molar-refractivity contribution in [1.82, 2.24) is 0 Å². The van der Waals surface area contributed by atoms with Crippen LogP contribution in [0.4, 0.5) is 0 Å². The molecule has 0 aromatic heterocycles. The molecule has 2 aromatic rings. The summed E-state index contributed by atoms with van der Waals surface area (Å²) in [4.78, 5) is 0. The van der Waals surface area contributed by atoms with Crippen molar-refractivity contribution < 1.29 is 0 Å². The summed E-state index contributed by atoms with van der Waals surface area (Å²) in [5, 5.41) is 0. The first-order valence-electron chi connectivity index (χ1n) is 6.49. The van der Waals surface area contributed by atoms with Gasteiger partial charge in [0.1, 0.15) is 0 Å². The fourth-order valence-electron chi connectivity index (χ4n) is 2.26. The molecule has 0 bridgehead atoms. The van der Waals surface area contributed by atoms with E-state index in [1.54, 1.807) is 0 Å². The Morgan fingerprint density at radius 3 is 2.22 bits per heavy atom. The largest absolute Gasteiger partial charge is 0.330 e. The Labute approximate surface area is 110 Å². The third-order valence-corrected chi connectivity index (χ3v) is 3.52. The highest BCUT2D eigenvalue weighted by molar-refractivity contribution is 5.64. The van der Waals surface area contributed by atoms with Crippen molar-refractivity contribution in [2.75, 3.05) is 6.54 Å². The molecule has 0 heterocycles. The van der Waals surface area contributed by atoms with E-state index < -0.39 is 0 Å². The van der Waals surface area contributed by atoms with E-state index >= 15 is 0 Å². The third kappa shape index (κ3) is 2.80. The lowest BCUT2D eigenvalue weighted by Crippen LogP contribution is -2.21. The number of hydrogen-bond acceptors (Lipinski definition) is 1. The van der Waals surface area contributed by atoms with Gasteiger partial charge in [0.05, 0.1) is 0 Å². The average Bonchev–Trinajstić information content (AvgIpc) is 2.40. The number of nitrogens with two attached hydrogens (primary N) is 1. The van der Waals surface area contributed by atoms with Crippen molar-refractivity contribution in [3.05, 3.63) is 60.2 Å². The molecule has 0 amide bonds. The molecule has 1 heteroatoms. The molecule has 18 heavy (non-hydrogen) atoms. The molecule has 0 saturated carbocycles. The van der Waals surface area contributed by atoms with Gasteiger partial charge in [-0.05, 0) is 35.1 Å². The van der Waals surface area contributed by atoms with Crippen LogP contribution in [-0.4, -0.2) is 6.54 Å². The zero-order chi connectivity index (χ0) is 13.0. The number of benzene rings is 2. The van der Waals surface area contributed by atoms with Gasteiger partial charge in [-0.2, -0.15) is 0 Å². The maximum absolute atomic E-state index is 5.70. The van der Waals surface area contributed by atoms with Gasteiger partial charge in [0.15, 0.2) is 0 Å². The molecule has 2 rings (SSSR count). The van der Waals surface area contributed by atoms with E-state index in [1.165, 1.54) is 16.7 Å². The van der Waals surface area contributed by atoms with E-state index in [1.807, 2.05) is 6.07 Å². The second-order valence-electron chi connectivity index (χ2n) is 5.37. The Bertz CT molecular complexity index is 500. The van der Waals surface area contributed by atoms with Crippen LogP contribution in [0.25, 0.3) is 11.1 Å². The molecular weight excluding hydrogens is 218 g/mol. The molecule has 0 saturated heterocycles. The van der Waals surface area contributed by atoms with Crippen LogP contribution in [0, 0.1) is 0 Å². The molecule has 1 nitrogen and oxygen atoms in total. The molecule has 0 fully saturated rings. The van der Waals surface area contributed by atoms with Crippen molar-refractivity contribution in [3.8, 4) is 11.1 Å². The van der Waals surface area contributed by atoms with E-state index in [2.05, 4.69) is 62.4 Å². The minimum atomic E-state index is 0.138. The van der Waals surface area contributed by atoms with E-state index in [9.17, 15) is 0 Å². The Morgan fingerprint density at radius 1 is 0.889 bits per heavy atom. The van der Waals surface area contributed by atoms with Crippen molar-refractivity contribution in [1.29, 1.82) is 0 Å². The van der Waals surface area contributed by atoms with Gasteiger partial charge in [0.2, 0.25) is 0 Å². The van der Waals surface area contributed by atoms with E-state index in [4.69, 9.17) is 5.73 Å². The fourth-order valence-corrected chi connectivity index (χ4v) is 2.26. The lowest BCUT2D eigenvalue weighted by molar-refractivity contribution is 0.488. The lowest BCUT2D eigenvalue weighted by atomic mass is 9.80. The van der Waals surface area contributed by atoms with Gasteiger partial charge < -0.3 is 5.73 Å². The molecule has 0 aliphatic rings. The van der Waals surface area contributed by atoms with Gasteiger partial charge in [0, 0.05) is 0 Å². The predicted octanol–water partition coefficient (Wildman–Crippen LogP) is 3.98. The van der Waals surface area contributed by atoms with Crippen LogP contribution < -0.4 is 5.73 Å². The predicted molar refractivity (Wildman–Crippen MR) is 78.6 cm³/mol. The average molecular weight is 239 g/mol. The third-order valence-electron chi connectivity index (χ3n) is 3.52. The smallest absolute Gasteiger partial charge is 0.00690 e. The van der Waals surface area contributed by atoms with Gasteiger partial charge in [0.25, 0.3) is 0 Å². The maximum atomic E-state index is 5.70. The van der Waals surface area contributed by atoms with Crippen LogP contribution in [0.15, 0.2) is 54.6 Å². The number of hydrogen-bond donors (Lipinski definition) is 1. The van der Waals surface area contributed by atoms with Gasteiger partial charge in [-0.15, -0.1) is 0 Å². The van der Waals surface area contributed by atoms with E-state index in [0.717, 1.165) is 13.0 Å². The summed E-state index contributed by atoms with van der Waals surface area (Å²) < 4.78 is 0. The molecule has 0 spiro atoms. The Morgan fingerprint density at radius 2 is 1.56 bits per heavy atom. The Balaban J connectivity index is 2.37. The van der Waals surface area contributed by atoms with Gasteiger partial charge in [-0.1, -0.05) is 68.4 Å². The van der Waals surface area contributed by atoms with Crippen molar-refractivity contribution in [2.24, 2.45) is 5.73 Å². The summed E-state index contributed by atoms with van der Waals surface area (Å²) in [5.74, 6) is 0. The second kappa shape index (κ2) is 5.36. The standard InChI is InChI=1S/C17H21N/c1-17(2,11-12-18)16-10-6-9-15(13-16)14-7-4-3-5-8-14/h3-10,13H,11-12,18H2,1-2H3. The van der Waals surface area contributed by atoms with Crippen LogP contribution in [0.5, 0.6) is 0 Å². The van der Waals surface area contributed by atoms with E-state index in [-0.39, 0.29) is 5.41 Å². The lowest BCUT2D eigenvalue weighted by Gasteiger charge is -2.25. The monoisotopic (exact) mass is 239 g/mol. The molecule has 94 valence electrons. The molecule has 0 atom stereocenters. The molecule has 2 aromatic carbocycles. The molecule has 0 aliphatic heterocycles. The number of rotatable bonds is 4. The zero-order valence-corrected chi connectivity index (χ0v) is 11.2.